The van der Waals surface area contributed by atoms with E-state index in [1.807, 2.05) is 13.8 Å². The van der Waals surface area contributed by atoms with Crippen molar-refractivity contribution in [3.63, 3.8) is 0 Å². The minimum atomic E-state index is -3.50. The maximum Gasteiger partial charge on any atom is 0.244 e. The van der Waals surface area contributed by atoms with Crippen molar-refractivity contribution >= 4 is 10.0 Å². The van der Waals surface area contributed by atoms with Gasteiger partial charge in [0.2, 0.25) is 10.0 Å². The third kappa shape index (κ3) is 4.92. The Hall–Kier alpha value is -0.850. The molecule has 0 amide bonds. The fraction of sp³-hybridized carbons (Fsp3) is 0.714. The molecule has 116 valence electrons. The van der Waals surface area contributed by atoms with Crippen molar-refractivity contribution in [1.82, 2.24) is 10.0 Å². The molecular formula is C14H26N2O3S. The Kier molecular flexibility index (Phi) is 6.71. The van der Waals surface area contributed by atoms with Gasteiger partial charge >= 0.3 is 0 Å². The first kappa shape index (κ1) is 17.2. The molecule has 0 spiro atoms. The van der Waals surface area contributed by atoms with Crippen molar-refractivity contribution in [1.29, 1.82) is 0 Å². The van der Waals surface area contributed by atoms with E-state index in [9.17, 15) is 8.42 Å². The highest BCUT2D eigenvalue weighted by atomic mass is 32.2. The number of sulfonamides is 1. The summed E-state index contributed by atoms with van der Waals surface area (Å²) < 4.78 is 32.8. The molecule has 0 fully saturated rings. The minimum absolute atomic E-state index is 0.0635. The number of unbranched alkanes of at least 4 members (excludes halogenated alkanes) is 1. The van der Waals surface area contributed by atoms with Gasteiger partial charge in [0, 0.05) is 12.1 Å². The monoisotopic (exact) mass is 302 g/mol. The molecule has 0 aliphatic carbocycles. The van der Waals surface area contributed by atoms with Crippen LogP contribution in [0.1, 0.15) is 51.6 Å². The van der Waals surface area contributed by atoms with Crippen LogP contribution in [0, 0.1) is 6.92 Å². The van der Waals surface area contributed by atoms with Crippen molar-refractivity contribution in [3.05, 3.63) is 17.6 Å². The van der Waals surface area contributed by atoms with E-state index in [-0.39, 0.29) is 10.9 Å². The third-order valence-corrected chi connectivity index (χ3v) is 4.81. The lowest BCUT2D eigenvalue weighted by atomic mass is 10.2. The second-order valence-electron chi connectivity index (χ2n) is 5.08. The van der Waals surface area contributed by atoms with Gasteiger partial charge < -0.3 is 9.73 Å². The van der Waals surface area contributed by atoms with Crippen LogP contribution in [-0.4, -0.2) is 21.0 Å². The van der Waals surface area contributed by atoms with Crippen molar-refractivity contribution in [2.75, 3.05) is 6.54 Å². The number of nitrogens with one attached hydrogen (secondary N) is 2. The lowest BCUT2D eigenvalue weighted by Gasteiger charge is -2.13. The van der Waals surface area contributed by atoms with E-state index in [1.165, 1.54) is 0 Å². The van der Waals surface area contributed by atoms with E-state index in [4.69, 9.17) is 4.42 Å². The lowest BCUT2D eigenvalue weighted by molar-refractivity contribution is 0.459. The summed E-state index contributed by atoms with van der Waals surface area (Å²) >= 11 is 0. The molecule has 1 rings (SSSR count). The Bertz CT molecular complexity index is 508. The molecule has 1 heterocycles. The zero-order valence-corrected chi connectivity index (χ0v) is 13.6. The van der Waals surface area contributed by atoms with E-state index in [0.717, 1.165) is 25.8 Å². The number of furan rings is 1. The summed E-state index contributed by atoms with van der Waals surface area (Å²) in [5.41, 5.74) is 0. The van der Waals surface area contributed by atoms with Gasteiger partial charge in [0.15, 0.2) is 0 Å². The van der Waals surface area contributed by atoms with Crippen LogP contribution in [0.15, 0.2) is 15.4 Å². The molecular weight excluding hydrogens is 276 g/mol. The molecule has 0 saturated carbocycles. The molecule has 6 heteroatoms. The molecule has 0 aliphatic rings. The number of hydrogen-bond acceptors (Lipinski definition) is 4. The Morgan fingerprint density at radius 2 is 2.05 bits per heavy atom. The number of hydrogen-bond donors (Lipinski definition) is 2. The van der Waals surface area contributed by atoms with E-state index < -0.39 is 10.0 Å². The maximum absolute atomic E-state index is 12.3. The molecule has 20 heavy (non-hydrogen) atoms. The molecule has 1 aromatic heterocycles. The summed E-state index contributed by atoms with van der Waals surface area (Å²) in [6.07, 6.45) is 2.92. The highest BCUT2D eigenvalue weighted by molar-refractivity contribution is 7.89. The summed E-state index contributed by atoms with van der Waals surface area (Å²) in [5.74, 6) is 1.08. The normalized spacial score (nSPS) is 13.6. The van der Waals surface area contributed by atoms with Gasteiger partial charge in [0.1, 0.15) is 16.4 Å². The van der Waals surface area contributed by atoms with Crippen LogP contribution in [-0.2, 0) is 16.6 Å². The molecule has 0 aliphatic heterocycles. The van der Waals surface area contributed by atoms with Crippen molar-refractivity contribution < 1.29 is 12.8 Å². The average molecular weight is 302 g/mol. The fourth-order valence-electron chi connectivity index (χ4n) is 2.02. The standard InChI is InChI=1S/C14H26N2O3S/c1-5-7-8-11(3)16-20(17,18)14-9-13(10-15-6-2)19-12(14)4/h9,11,15-16H,5-8,10H2,1-4H3. The SMILES string of the molecule is CCCCC(C)NS(=O)(=O)c1cc(CNCC)oc1C. The molecule has 1 unspecified atom stereocenters. The summed E-state index contributed by atoms with van der Waals surface area (Å²) in [6, 6.07) is 1.54. The molecule has 0 radical (unpaired) electrons. The van der Waals surface area contributed by atoms with Gasteiger partial charge in [0.25, 0.3) is 0 Å². The van der Waals surface area contributed by atoms with Crippen LogP contribution in [0.25, 0.3) is 0 Å². The highest BCUT2D eigenvalue weighted by Crippen LogP contribution is 2.20. The molecule has 0 saturated heterocycles. The van der Waals surface area contributed by atoms with Crippen LogP contribution >= 0.6 is 0 Å². The van der Waals surface area contributed by atoms with Crippen LogP contribution in [0.5, 0.6) is 0 Å². The van der Waals surface area contributed by atoms with Gasteiger partial charge in [-0.1, -0.05) is 26.7 Å². The van der Waals surface area contributed by atoms with E-state index in [1.54, 1.807) is 13.0 Å². The van der Waals surface area contributed by atoms with Gasteiger partial charge in [-0.05, 0) is 26.8 Å². The van der Waals surface area contributed by atoms with Crippen molar-refractivity contribution in [2.45, 2.75) is 64.4 Å². The summed E-state index contributed by atoms with van der Waals surface area (Å²) in [4.78, 5) is 0.244. The Morgan fingerprint density at radius 1 is 1.35 bits per heavy atom. The fourth-order valence-corrected chi connectivity index (χ4v) is 3.51. The second kappa shape index (κ2) is 7.81. The Morgan fingerprint density at radius 3 is 2.65 bits per heavy atom. The average Bonchev–Trinajstić information content (AvgIpc) is 2.75. The molecule has 0 aromatic carbocycles. The van der Waals surface area contributed by atoms with E-state index in [0.29, 0.717) is 18.1 Å². The first-order chi connectivity index (χ1) is 9.40. The first-order valence-electron chi connectivity index (χ1n) is 7.23. The zero-order chi connectivity index (χ0) is 15.2. The van der Waals surface area contributed by atoms with Gasteiger partial charge in [-0.2, -0.15) is 0 Å². The highest BCUT2D eigenvalue weighted by Gasteiger charge is 2.23. The van der Waals surface area contributed by atoms with Crippen LogP contribution < -0.4 is 10.0 Å². The summed E-state index contributed by atoms with van der Waals surface area (Å²) in [7, 11) is -3.50. The van der Waals surface area contributed by atoms with Gasteiger partial charge in [-0.25, -0.2) is 13.1 Å². The van der Waals surface area contributed by atoms with Gasteiger partial charge in [-0.3, -0.25) is 0 Å². The lowest BCUT2D eigenvalue weighted by Crippen LogP contribution is -2.32. The van der Waals surface area contributed by atoms with E-state index in [2.05, 4.69) is 17.0 Å². The summed E-state index contributed by atoms with van der Waals surface area (Å²) in [5, 5.41) is 3.12. The van der Waals surface area contributed by atoms with E-state index >= 15 is 0 Å². The van der Waals surface area contributed by atoms with Gasteiger partial charge in [0.05, 0.1) is 6.54 Å². The minimum Gasteiger partial charge on any atom is -0.464 e. The van der Waals surface area contributed by atoms with Gasteiger partial charge in [-0.15, -0.1) is 0 Å². The Labute approximate surface area is 122 Å². The van der Waals surface area contributed by atoms with Crippen molar-refractivity contribution in [2.24, 2.45) is 0 Å². The van der Waals surface area contributed by atoms with Crippen molar-refractivity contribution in [3.8, 4) is 0 Å². The third-order valence-electron chi connectivity index (χ3n) is 3.11. The van der Waals surface area contributed by atoms with Crippen LogP contribution in [0.2, 0.25) is 0 Å². The number of rotatable bonds is 9. The predicted octanol–water partition coefficient (Wildman–Crippen LogP) is 2.55. The predicted molar refractivity (Wildman–Crippen MR) is 80.1 cm³/mol. The maximum atomic E-state index is 12.3. The van der Waals surface area contributed by atoms with Crippen LogP contribution in [0.4, 0.5) is 0 Å². The molecule has 5 nitrogen and oxygen atoms in total. The Balaban J connectivity index is 2.78. The van der Waals surface area contributed by atoms with Crippen LogP contribution in [0.3, 0.4) is 0 Å². The second-order valence-corrected chi connectivity index (χ2v) is 6.76. The zero-order valence-electron chi connectivity index (χ0n) is 12.8. The molecule has 2 N–H and O–H groups in total. The summed E-state index contributed by atoms with van der Waals surface area (Å²) in [6.45, 7) is 9.01. The first-order valence-corrected chi connectivity index (χ1v) is 8.71. The molecule has 1 aromatic rings. The number of aryl methyl sites for hydroxylation is 1. The largest absolute Gasteiger partial charge is 0.464 e. The quantitative estimate of drug-likeness (QED) is 0.735. The smallest absolute Gasteiger partial charge is 0.244 e. The molecule has 1 atom stereocenters. The molecule has 0 bridgehead atoms. The topological polar surface area (TPSA) is 71.3 Å².